The lowest BCUT2D eigenvalue weighted by Gasteiger charge is -2.05. The number of aromatic nitrogens is 1. The van der Waals surface area contributed by atoms with Crippen LogP contribution in [0.2, 0.25) is 0 Å². The summed E-state index contributed by atoms with van der Waals surface area (Å²) < 4.78 is 0. The van der Waals surface area contributed by atoms with Gasteiger partial charge in [-0.05, 0) is 26.0 Å². The summed E-state index contributed by atoms with van der Waals surface area (Å²) in [6, 6.07) is 7.17. The predicted octanol–water partition coefficient (Wildman–Crippen LogP) is 2.13. The minimum Gasteiger partial charge on any atom is -0.343 e. The van der Waals surface area contributed by atoms with Gasteiger partial charge >= 0.3 is 0 Å². The van der Waals surface area contributed by atoms with Crippen LogP contribution in [0, 0.1) is 13.8 Å². The lowest BCUT2D eigenvalue weighted by atomic mass is 10.1. The van der Waals surface area contributed by atoms with E-state index in [1.807, 2.05) is 26.0 Å². The number of amides is 2. The molecule has 5 nitrogen and oxygen atoms in total. The van der Waals surface area contributed by atoms with Gasteiger partial charge in [0, 0.05) is 16.6 Å². The highest BCUT2D eigenvalue weighted by Gasteiger charge is 2.09. The summed E-state index contributed by atoms with van der Waals surface area (Å²) in [5, 5.41) is 5.74. The van der Waals surface area contributed by atoms with Crippen LogP contribution in [0.4, 0.5) is 5.13 Å². The van der Waals surface area contributed by atoms with Crippen LogP contribution in [-0.4, -0.2) is 23.3 Å². The minimum atomic E-state index is -0.292. The van der Waals surface area contributed by atoms with Crippen LogP contribution in [0.1, 0.15) is 20.8 Å². The van der Waals surface area contributed by atoms with Crippen LogP contribution in [0.3, 0.4) is 0 Å². The van der Waals surface area contributed by atoms with E-state index >= 15 is 0 Å². The maximum absolute atomic E-state index is 11.8. The maximum Gasteiger partial charge on any atom is 0.251 e. The van der Waals surface area contributed by atoms with E-state index in [-0.39, 0.29) is 18.4 Å². The summed E-state index contributed by atoms with van der Waals surface area (Å²) in [6.07, 6.45) is 1.69. The molecule has 20 heavy (non-hydrogen) atoms. The van der Waals surface area contributed by atoms with Gasteiger partial charge in [-0.15, -0.1) is 11.3 Å². The van der Waals surface area contributed by atoms with Crippen LogP contribution < -0.4 is 10.6 Å². The van der Waals surface area contributed by atoms with E-state index in [2.05, 4.69) is 15.6 Å². The van der Waals surface area contributed by atoms with Gasteiger partial charge in [0.25, 0.3) is 5.91 Å². The molecule has 1 aromatic heterocycles. The molecule has 2 aromatic rings. The molecule has 0 bridgehead atoms. The molecule has 0 aliphatic carbocycles. The highest BCUT2D eigenvalue weighted by Crippen LogP contribution is 2.15. The molecule has 1 aromatic carbocycles. The average Bonchev–Trinajstić information content (AvgIpc) is 2.82. The summed E-state index contributed by atoms with van der Waals surface area (Å²) in [5.74, 6) is -0.560. The van der Waals surface area contributed by atoms with Crippen molar-refractivity contribution in [2.24, 2.45) is 0 Å². The molecule has 1 heterocycles. The number of nitrogens with one attached hydrogen (secondary N) is 2. The van der Waals surface area contributed by atoms with Crippen molar-refractivity contribution in [1.82, 2.24) is 10.3 Å². The zero-order valence-corrected chi connectivity index (χ0v) is 12.1. The number of carbonyl (C=O) groups is 2. The number of benzene rings is 1. The van der Waals surface area contributed by atoms with E-state index in [0.29, 0.717) is 10.7 Å². The van der Waals surface area contributed by atoms with Gasteiger partial charge in [-0.3, -0.25) is 9.59 Å². The summed E-state index contributed by atoms with van der Waals surface area (Å²) in [7, 11) is 0. The van der Waals surface area contributed by atoms with Gasteiger partial charge in [0.1, 0.15) is 0 Å². The molecule has 2 amide bonds. The number of nitrogens with zero attached hydrogens (tertiary/aromatic N) is 1. The first-order chi connectivity index (χ1) is 9.54. The molecule has 0 fully saturated rings. The summed E-state index contributed by atoms with van der Waals surface area (Å²) in [4.78, 5) is 28.5. The largest absolute Gasteiger partial charge is 0.343 e. The van der Waals surface area contributed by atoms with Crippen LogP contribution in [0.5, 0.6) is 0 Å². The van der Waals surface area contributed by atoms with Crippen molar-refractivity contribution in [2.75, 3.05) is 11.9 Å². The van der Waals surface area contributed by atoms with Crippen molar-refractivity contribution in [3.63, 3.8) is 0 Å². The number of rotatable bonds is 4. The van der Waals surface area contributed by atoms with E-state index in [4.69, 9.17) is 0 Å². The molecule has 0 unspecified atom stereocenters. The Hall–Kier alpha value is -2.21. The second-order valence-corrected chi connectivity index (χ2v) is 5.61. The molecule has 104 valence electrons. The van der Waals surface area contributed by atoms with Crippen molar-refractivity contribution >= 4 is 28.3 Å². The third-order valence-electron chi connectivity index (χ3n) is 2.59. The van der Waals surface area contributed by atoms with Crippen molar-refractivity contribution in [3.8, 4) is 0 Å². The Morgan fingerprint density at radius 2 is 1.90 bits per heavy atom. The molecule has 0 saturated carbocycles. The van der Waals surface area contributed by atoms with Gasteiger partial charge in [0.15, 0.2) is 5.13 Å². The van der Waals surface area contributed by atoms with Crippen molar-refractivity contribution in [3.05, 3.63) is 46.5 Å². The van der Waals surface area contributed by atoms with E-state index in [1.54, 1.807) is 18.3 Å². The van der Waals surface area contributed by atoms with Crippen LogP contribution in [0.25, 0.3) is 0 Å². The molecule has 0 radical (unpaired) electrons. The summed E-state index contributed by atoms with van der Waals surface area (Å²) >= 11 is 1.39. The molecule has 6 heteroatoms. The van der Waals surface area contributed by atoms with E-state index < -0.39 is 0 Å². The Morgan fingerprint density at radius 3 is 2.50 bits per heavy atom. The first-order valence-electron chi connectivity index (χ1n) is 6.12. The van der Waals surface area contributed by atoms with Crippen molar-refractivity contribution < 1.29 is 9.59 Å². The van der Waals surface area contributed by atoms with Gasteiger partial charge < -0.3 is 10.6 Å². The number of thiazole rings is 1. The summed E-state index contributed by atoms with van der Waals surface area (Å²) in [6.45, 7) is 3.78. The molecular formula is C14H15N3O2S. The highest BCUT2D eigenvalue weighted by atomic mass is 32.1. The van der Waals surface area contributed by atoms with E-state index in [0.717, 1.165) is 10.4 Å². The fraction of sp³-hybridized carbons (Fsp3) is 0.214. The molecule has 0 saturated heterocycles. The molecule has 0 aliphatic heterocycles. The lowest BCUT2D eigenvalue weighted by molar-refractivity contribution is -0.115. The van der Waals surface area contributed by atoms with E-state index in [1.165, 1.54) is 11.3 Å². The smallest absolute Gasteiger partial charge is 0.251 e. The molecule has 2 N–H and O–H groups in total. The SMILES string of the molecule is Cc1ccc(C(=O)NCC(=O)Nc2ncc(C)s2)cc1. The van der Waals surface area contributed by atoms with Gasteiger partial charge in [0.05, 0.1) is 6.54 Å². The number of hydrogen-bond acceptors (Lipinski definition) is 4. The number of hydrogen-bond donors (Lipinski definition) is 2. The highest BCUT2D eigenvalue weighted by molar-refractivity contribution is 7.15. The average molecular weight is 289 g/mol. The minimum absolute atomic E-state index is 0.0780. The zero-order chi connectivity index (χ0) is 14.5. The second-order valence-electron chi connectivity index (χ2n) is 4.37. The Labute approximate surface area is 121 Å². The first kappa shape index (κ1) is 14.2. The van der Waals surface area contributed by atoms with Crippen LogP contribution >= 0.6 is 11.3 Å². The lowest BCUT2D eigenvalue weighted by Crippen LogP contribution is -2.32. The van der Waals surface area contributed by atoms with Crippen LogP contribution in [-0.2, 0) is 4.79 Å². The normalized spacial score (nSPS) is 10.1. The molecule has 2 rings (SSSR count). The maximum atomic E-state index is 11.8. The van der Waals surface area contributed by atoms with Gasteiger partial charge in [-0.1, -0.05) is 17.7 Å². The number of carbonyl (C=O) groups excluding carboxylic acids is 2. The Bertz CT molecular complexity index is 620. The quantitative estimate of drug-likeness (QED) is 0.905. The summed E-state index contributed by atoms with van der Waals surface area (Å²) in [5.41, 5.74) is 1.62. The third kappa shape index (κ3) is 3.89. The Balaban J connectivity index is 1.84. The second kappa shape index (κ2) is 6.29. The standard InChI is InChI=1S/C14H15N3O2S/c1-9-3-5-11(6-4-9)13(19)15-8-12(18)17-14-16-7-10(2)20-14/h3-7H,8H2,1-2H3,(H,15,19)(H,16,17,18). The van der Waals surface area contributed by atoms with E-state index in [9.17, 15) is 9.59 Å². The monoisotopic (exact) mass is 289 g/mol. The van der Waals surface area contributed by atoms with Gasteiger partial charge in [-0.25, -0.2) is 4.98 Å². The van der Waals surface area contributed by atoms with Gasteiger partial charge in [0.2, 0.25) is 5.91 Å². The fourth-order valence-electron chi connectivity index (χ4n) is 1.54. The number of anilines is 1. The predicted molar refractivity (Wildman–Crippen MR) is 79.0 cm³/mol. The molecule has 0 atom stereocenters. The third-order valence-corrected chi connectivity index (χ3v) is 3.42. The Morgan fingerprint density at radius 1 is 1.20 bits per heavy atom. The number of aryl methyl sites for hydroxylation is 2. The fourth-order valence-corrected chi connectivity index (χ4v) is 2.22. The molecule has 0 spiro atoms. The zero-order valence-electron chi connectivity index (χ0n) is 11.3. The Kier molecular flexibility index (Phi) is 4.47. The van der Waals surface area contributed by atoms with Crippen molar-refractivity contribution in [2.45, 2.75) is 13.8 Å². The molecular weight excluding hydrogens is 274 g/mol. The first-order valence-corrected chi connectivity index (χ1v) is 6.93. The van der Waals surface area contributed by atoms with Crippen molar-refractivity contribution in [1.29, 1.82) is 0 Å². The van der Waals surface area contributed by atoms with Gasteiger partial charge in [-0.2, -0.15) is 0 Å². The van der Waals surface area contributed by atoms with Crippen LogP contribution in [0.15, 0.2) is 30.5 Å². The topological polar surface area (TPSA) is 71.1 Å². The molecule has 0 aliphatic rings.